The van der Waals surface area contributed by atoms with E-state index in [0.29, 0.717) is 0 Å². The van der Waals surface area contributed by atoms with Crippen LogP contribution in [0.15, 0.2) is 23.8 Å². The average molecular weight is 253 g/mol. The van der Waals surface area contributed by atoms with Crippen LogP contribution in [0.4, 0.5) is 0 Å². The van der Waals surface area contributed by atoms with Gasteiger partial charge in [0.1, 0.15) is 0 Å². The maximum absolute atomic E-state index is 2.57. The van der Waals surface area contributed by atoms with Crippen molar-refractivity contribution in [1.29, 1.82) is 0 Å². The van der Waals surface area contributed by atoms with Crippen LogP contribution in [0.2, 0.25) is 12.1 Å². The van der Waals surface area contributed by atoms with Crippen molar-refractivity contribution in [3.63, 3.8) is 0 Å². The highest BCUT2D eigenvalue weighted by atomic mass is 28.3. The van der Waals surface area contributed by atoms with Crippen molar-refractivity contribution in [1.82, 2.24) is 0 Å². The Morgan fingerprint density at radius 1 is 1.17 bits per heavy atom. The molecule has 0 amide bonds. The van der Waals surface area contributed by atoms with Crippen LogP contribution in [0.1, 0.15) is 60.8 Å². The molecule has 0 nitrogen and oxygen atoms in total. The van der Waals surface area contributed by atoms with Crippen molar-refractivity contribution in [2.45, 2.75) is 56.2 Å². The number of hydrogen-bond acceptors (Lipinski definition) is 0. The lowest BCUT2D eigenvalue weighted by Crippen LogP contribution is -2.30. The van der Waals surface area contributed by atoms with Gasteiger partial charge in [0.05, 0.1) is 8.80 Å². The summed E-state index contributed by atoms with van der Waals surface area (Å²) < 4.78 is 0. The summed E-state index contributed by atoms with van der Waals surface area (Å²) in [6.07, 6.45) is 8.18. The summed E-state index contributed by atoms with van der Waals surface area (Å²) in [6, 6.07) is 10.3. The van der Waals surface area contributed by atoms with Gasteiger partial charge in [-0.3, -0.25) is 0 Å². The molecular formula is C17H21Si. The van der Waals surface area contributed by atoms with E-state index in [-0.39, 0.29) is 8.80 Å². The topological polar surface area (TPSA) is 0 Å². The van der Waals surface area contributed by atoms with Crippen molar-refractivity contribution in [3.05, 3.63) is 40.5 Å². The van der Waals surface area contributed by atoms with Gasteiger partial charge in [-0.1, -0.05) is 55.3 Å². The minimum atomic E-state index is -0.0879. The van der Waals surface area contributed by atoms with Gasteiger partial charge in [0, 0.05) is 0 Å². The van der Waals surface area contributed by atoms with E-state index in [1.54, 1.807) is 34.4 Å². The Morgan fingerprint density at radius 2 is 1.94 bits per heavy atom. The van der Waals surface area contributed by atoms with E-state index >= 15 is 0 Å². The van der Waals surface area contributed by atoms with Gasteiger partial charge in [-0.15, -0.1) is 0 Å². The van der Waals surface area contributed by atoms with Crippen molar-refractivity contribution in [2.75, 3.05) is 0 Å². The molecule has 0 bridgehead atoms. The van der Waals surface area contributed by atoms with Gasteiger partial charge in [0.15, 0.2) is 0 Å². The SMILES string of the molecule is CCC1=Cc2c(C3CC3)cccc2C1[Si]1CCC1. The third-order valence-electron chi connectivity index (χ3n) is 5.01. The van der Waals surface area contributed by atoms with Crippen LogP contribution in [0.25, 0.3) is 6.08 Å². The van der Waals surface area contributed by atoms with Crippen LogP contribution in [0, 0.1) is 0 Å². The number of rotatable bonds is 3. The van der Waals surface area contributed by atoms with Crippen molar-refractivity contribution < 1.29 is 0 Å². The van der Waals surface area contributed by atoms with Gasteiger partial charge < -0.3 is 0 Å². The number of fused-ring (bicyclic) bond motifs is 1. The lowest BCUT2D eigenvalue weighted by atomic mass is 10.00. The van der Waals surface area contributed by atoms with Crippen LogP contribution in [-0.2, 0) is 0 Å². The van der Waals surface area contributed by atoms with Gasteiger partial charge in [-0.05, 0) is 47.4 Å². The number of hydrogen-bond donors (Lipinski definition) is 0. The van der Waals surface area contributed by atoms with Crippen LogP contribution in [0.5, 0.6) is 0 Å². The largest absolute Gasteiger partial charge is 0.0653 e. The summed E-state index contributed by atoms with van der Waals surface area (Å²) in [5.74, 6) is 0.895. The van der Waals surface area contributed by atoms with Crippen LogP contribution in [0.3, 0.4) is 0 Å². The first-order valence-corrected chi connectivity index (χ1v) is 9.55. The Kier molecular flexibility index (Phi) is 2.51. The second kappa shape index (κ2) is 4.09. The van der Waals surface area contributed by atoms with Crippen LogP contribution < -0.4 is 0 Å². The van der Waals surface area contributed by atoms with Crippen molar-refractivity contribution >= 4 is 14.9 Å². The van der Waals surface area contributed by atoms with E-state index in [9.17, 15) is 0 Å². The van der Waals surface area contributed by atoms with E-state index in [0.717, 1.165) is 11.5 Å². The standard InChI is InChI=1S/C17H21Si/c1-2-12-11-16-14(13-7-8-13)5-3-6-15(16)17(12)18-9-4-10-18/h3,5-6,11,13,17H,2,4,7-10H2,1H3. The first-order chi connectivity index (χ1) is 8.88. The van der Waals surface area contributed by atoms with Gasteiger partial charge >= 0.3 is 0 Å². The first kappa shape index (κ1) is 11.0. The summed E-state index contributed by atoms with van der Waals surface area (Å²) in [7, 11) is -0.0879. The number of allylic oxidation sites excluding steroid dienone is 1. The maximum Gasteiger partial charge on any atom is 0.0616 e. The third kappa shape index (κ3) is 1.56. The van der Waals surface area contributed by atoms with Crippen molar-refractivity contribution in [2.24, 2.45) is 0 Å². The fourth-order valence-corrected chi connectivity index (χ4v) is 6.54. The molecule has 0 aromatic heterocycles. The molecule has 1 heterocycles. The predicted molar refractivity (Wildman–Crippen MR) is 79.4 cm³/mol. The summed E-state index contributed by atoms with van der Waals surface area (Å²) in [6.45, 7) is 2.35. The summed E-state index contributed by atoms with van der Waals surface area (Å²) in [5, 5.41) is 0. The van der Waals surface area contributed by atoms with Gasteiger partial charge in [0.25, 0.3) is 0 Å². The zero-order valence-corrected chi connectivity index (χ0v) is 12.2. The van der Waals surface area contributed by atoms with Crippen molar-refractivity contribution in [3.8, 4) is 0 Å². The summed E-state index contributed by atoms with van der Waals surface area (Å²) >= 11 is 0. The lowest BCUT2D eigenvalue weighted by molar-refractivity contribution is 0.862. The molecule has 0 spiro atoms. The Hall–Kier alpha value is -0.823. The van der Waals surface area contributed by atoms with Gasteiger partial charge in [-0.25, -0.2) is 0 Å². The molecule has 3 aliphatic rings. The second-order valence-corrected chi connectivity index (χ2v) is 9.04. The van der Waals surface area contributed by atoms with E-state index < -0.39 is 0 Å². The highest BCUT2D eigenvalue weighted by Crippen LogP contribution is 2.50. The number of benzene rings is 1. The molecule has 1 aromatic carbocycles. The molecule has 1 radical (unpaired) electrons. The van der Waals surface area contributed by atoms with E-state index in [2.05, 4.69) is 31.2 Å². The molecule has 2 fully saturated rings. The fraction of sp³-hybridized carbons (Fsp3) is 0.529. The summed E-state index contributed by atoms with van der Waals surface area (Å²) in [5.41, 5.74) is 7.66. The van der Waals surface area contributed by atoms with E-state index in [4.69, 9.17) is 0 Å². The molecule has 1 aliphatic heterocycles. The first-order valence-electron chi connectivity index (χ1n) is 7.56. The molecule has 1 heteroatoms. The molecule has 4 rings (SSSR count). The molecule has 1 saturated carbocycles. The third-order valence-corrected chi connectivity index (χ3v) is 8.50. The minimum Gasteiger partial charge on any atom is -0.0653 e. The lowest BCUT2D eigenvalue weighted by Gasteiger charge is -2.32. The average Bonchev–Trinajstić information content (AvgIpc) is 3.10. The van der Waals surface area contributed by atoms with E-state index in [1.165, 1.54) is 25.7 Å². The fourth-order valence-electron chi connectivity index (χ4n) is 3.70. The Labute approximate surface area is 112 Å². The molecule has 0 N–H and O–H groups in total. The van der Waals surface area contributed by atoms with Crippen LogP contribution >= 0.6 is 0 Å². The van der Waals surface area contributed by atoms with Gasteiger partial charge in [-0.2, -0.15) is 0 Å². The van der Waals surface area contributed by atoms with Gasteiger partial charge in [0.2, 0.25) is 0 Å². The second-order valence-electron chi connectivity index (χ2n) is 6.14. The Morgan fingerprint density at radius 3 is 2.56 bits per heavy atom. The molecule has 1 aromatic rings. The molecule has 18 heavy (non-hydrogen) atoms. The minimum absolute atomic E-state index is 0.0879. The highest BCUT2D eigenvalue weighted by Gasteiger charge is 2.38. The molecule has 93 valence electrons. The predicted octanol–water partition coefficient (Wildman–Crippen LogP) is 4.89. The quantitative estimate of drug-likeness (QED) is 0.673. The molecule has 1 saturated heterocycles. The Balaban J connectivity index is 1.79. The zero-order valence-electron chi connectivity index (χ0n) is 11.2. The van der Waals surface area contributed by atoms with Crippen LogP contribution in [-0.4, -0.2) is 8.80 Å². The highest BCUT2D eigenvalue weighted by molar-refractivity contribution is 6.64. The smallest absolute Gasteiger partial charge is 0.0616 e. The normalized spacial score (nSPS) is 26.7. The Bertz CT molecular complexity index is 506. The van der Waals surface area contributed by atoms with E-state index in [1.807, 2.05) is 0 Å². The molecule has 1 unspecified atom stereocenters. The molecule has 1 atom stereocenters. The monoisotopic (exact) mass is 253 g/mol. The summed E-state index contributed by atoms with van der Waals surface area (Å²) in [4.78, 5) is 0. The zero-order chi connectivity index (χ0) is 12.1. The maximum atomic E-state index is 2.57. The molecule has 2 aliphatic carbocycles. The molecular weight excluding hydrogens is 232 g/mol.